The molecule has 3 aliphatic rings. The number of anilines is 1. The Morgan fingerprint density at radius 3 is 2.42 bits per heavy atom. The van der Waals surface area contributed by atoms with E-state index in [9.17, 15) is 4.79 Å². The number of nitrogens with one attached hydrogen (secondary N) is 2. The van der Waals surface area contributed by atoms with Gasteiger partial charge in [0.25, 0.3) is 5.56 Å². The first-order valence-electron chi connectivity index (χ1n) is 13.0. The van der Waals surface area contributed by atoms with Gasteiger partial charge in [-0.25, -0.2) is 0 Å². The Hall–Kier alpha value is -3.45. The van der Waals surface area contributed by atoms with E-state index in [1.165, 1.54) is 16.7 Å². The number of fused-ring (bicyclic) bond motifs is 2. The lowest BCUT2D eigenvalue weighted by atomic mass is 9.73. The molecular formula is C29H32N6O. The summed E-state index contributed by atoms with van der Waals surface area (Å²) in [7, 11) is 0. The monoisotopic (exact) mass is 480 g/mol. The second-order valence-electron chi connectivity index (χ2n) is 11.7. The molecule has 7 heteroatoms. The van der Waals surface area contributed by atoms with Crippen LogP contribution in [0.3, 0.4) is 0 Å². The number of aromatic amines is 2. The third-order valence-electron chi connectivity index (χ3n) is 9.48. The molecule has 3 heterocycles. The number of aromatic nitrogens is 4. The van der Waals surface area contributed by atoms with Crippen molar-refractivity contribution >= 4 is 17.0 Å². The maximum Gasteiger partial charge on any atom is 0.263 e. The van der Waals surface area contributed by atoms with Crippen LogP contribution in [0.5, 0.6) is 0 Å². The predicted molar refractivity (Wildman–Crippen MR) is 141 cm³/mol. The van der Waals surface area contributed by atoms with E-state index < -0.39 is 0 Å². The van der Waals surface area contributed by atoms with Crippen LogP contribution in [0.1, 0.15) is 61.5 Å². The molecule has 1 saturated carbocycles. The van der Waals surface area contributed by atoms with Crippen molar-refractivity contribution in [2.24, 2.45) is 16.6 Å². The Morgan fingerprint density at radius 1 is 1.03 bits per heavy atom. The number of hydrogen-bond donors (Lipinski definition) is 3. The number of H-pyrrole nitrogens is 2. The standard InChI is InChI=1S/C29H32N6O/c1-27(2)17-29(27,19-9-4-3-5-10-19)23-21-24(34-33-23)31-26(32-25(21)36)35-14-12-28(13-15-35)16-18-8-6-7-11-20(18)22(28)30/h3-11,22H,12-17,30H2,1-2H3,(H2,31,32,33,34,36)/t22-,29?/m1/s1. The van der Waals surface area contributed by atoms with Crippen LogP contribution in [-0.4, -0.2) is 33.3 Å². The predicted octanol–water partition coefficient (Wildman–Crippen LogP) is 4.20. The van der Waals surface area contributed by atoms with Crippen LogP contribution in [-0.2, 0) is 11.8 Å². The van der Waals surface area contributed by atoms with Crippen LogP contribution >= 0.6 is 0 Å². The Labute approximate surface area is 210 Å². The molecule has 0 radical (unpaired) electrons. The van der Waals surface area contributed by atoms with Gasteiger partial charge in [-0.2, -0.15) is 10.1 Å². The normalized spacial score (nSPS) is 25.9. The summed E-state index contributed by atoms with van der Waals surface area (Å²) in [5.41, 5.74) is 11.7. The summed E-state index contributed by atoms with van der Waals surface area (Å²) in [6.07, 6.45) is 3.93. The average Bonchev–Trinajstić information content (AvgIpc) is 3.15. The van der Waals surface area contributed by atoms with E-state index in [1.807, 2.05) is 6.07 Å². The number of benzene rings is 2. The molecule has 2 aromatic carbocycles. The third kappa shape index (κ3) is 2.86. The molecule has 1 spiro atoms. The summed E-state index contributed by atoms with van der Waals surface area (Å²) >= 11 is 0. The number of nitrogens with two attached hydrogens (primary N) is 1. The summed E-state index contributed by atoms with van der Waals surface area (Å²) in [5, 5.41) is 8.38. The van der Waals surface area contributed by atoms with E-state index in [4.69, 9.17) is 15.8 Å². The van der Waals surface area contributed by atoms with Crippen LogP contribution in [0, 0.1) is 10.8 Å². The first kappa shape index (κ1) is 21.8. The van der Waals surface area contributed by atoms with Gasteiger partial charge in [0.2, 0.25) is 5.95 Å². The molecule has 1 aliphatic heterocycles. The van der Waals surface area contributed by atoms with Crippen molar-refractivity contribution in [3.8, 4) is 0 Å². The molecule has 0 bridgehead atoms. The summed E-state index contributed by atoms with van der Waals surface area (Å²) in [6.45, 7) is 6.12. The largest absolute Gasteiger partial charge is 0.342 e. The Balaban J connectivity index is 1.20. The van der Waals surface area contributed by atoms with Crippen molar-refractivity contribution in [3.05, 3.63) is 87.3 Å². The number of hydrogen-bond acceptors (Lipinski definition) is 5. The van der Waals surface area contributed by atoms with E-state index in [-0.39, 0.29) is 27.8 Å². The van der Waals surface area contributed by atoms with E-state index in [2.05, 4.69) is 77.4 Å². The zero-order valence-corrected chi connectivity index (χ0v) is 20.8. The quantitative estimate of drug-likeness (QED) is 0.408. The summed E-state index contributed by atoms with van der Waals surface area (Å²) < 4.78 is 0. The van der Waals surface area contributed by atoms with E-state index in [0.29, 0.717) is 17.0 Å². The molecule has 0 amide bonds. The van der Waals surface area contributed by atoms with Crippen molar-refractivity contribution in [2.75, 3.05) is 18.0 Å². The van der Waals surface area contributed by atoms with Gasteiger partial charge in [-0.1, -0.05) is 68.4 Å². The molecule has 7 rings (SSSR count). The zero-order chi connectivity index (χ0) is 24.7. The number of rotatable bonds is 3. The molecule has 2 atom stereocenters. The molecular weight excluding hydrogens is 448 g/mol. The Bertz CT molecular complexity index is 1530. The van der Waals surface area contributed by atoms with Crippen molar-refractivity contribution in [1.82, 2.24) is 20.2 Å². The second-order valence-corrected chi connectivity index (χ2v) is 11.7. The van der Waals surface area contributed by atoms with Crippen molar-refractivity contribution in [2.45, 2.75) is 51.0 Å². The van der Waals surface area contributed by atoms with Crippen molar-refractivity contribution < 1.29 is 0 Å². The van der Waals surface area contributed by atoms with E-state index >= 15 is 0 Å². The van der Waals surface area contributed by atoms with Gasteiger partial charge in [0.15, 0.2) is 5.65 Å². The molecule has 184 valence electrons. The highest BCUT2D eigenvalue weighted by molar-refractivity contribution is 5.81. The Kier molecular flexibility index (Phi) is 4.42. The third-order valence-corrected chi connectivity index (χ3v) is 9.48. The van der Waals surface area contributed by atoms with E-state index in [0.717, 1.165) is 44.5 Å². The molecule has 2 fully saturated rings. The molecule has 2 aliphatic carbocycles. The minimum atomic E-state index is -0.284. The fraction of sp³-hybridized carbons (Fsp3) is 0.414. The summed E-state index contributed by atoms with van der Waals surface area (Å²) in [6, 6.07) is 19.1. The lowest BCUT2D eigenvalue weighted by molar-refractivity contribution is 0.187. The number of nitrogens with zero attached hydrogens (tertiary/aromatic N) is 3. The van der Waals surface area contributed by atoms with Crippen LogP contribution in [0.4, 0.5) is 5.95 Å². The molecule has 1 unspecified atom stereocenters. The van der Waals surface area contributed by atoms with Gasteiger partial charge in [-0.15, -0.1) is 0 Å². The fourth-order valence-corrected chi connectivity index (χ4v) is 7.23. The minimum absolute atomic E-state index is 0.0143. The Morgan fingerprint density at radius 2 is 1.72 bits per heavy atom. The van der Waals surface area contributed by atoms with Gasteiger partial charge in [-0.05, 0) is 53.2 Å². The molecule has 1 saturated heterocycles. The van der Waals surface area contributed by atoms with Gasteiger partial charge >= 0.3 is 0 Å². The smallest absolute Gasteiger partial charge is 0.263 e. The van der Waals surface area contributed by atoms with Gasteiger partial charge in [-0.3, -0.25) is 14.9 Å². The molecule has 4 N–H and O–H groups in total. The van der Waals surface area contributed by atoms with Crippen LogP contribution in [0.25, 0.3) is 11.0 Å². The second kappa shape index (κ2) is 7.29. The fourth-order valence-electron chi connectivity index (χ4n) is 7.23. The topological polar surface area (TPSA) is 104 Å². The van der Waals surface area contributed by atoms with Crippen LogP contribution < -0.4 is 16.2 Å². The first-order chi connectivity index (χ1) is 17.3. The van der Waals surface area contributed by atoms with Crippen molar-refractivity contribution in [3.63, 3.8) is 0 Å². The maximum absolute atomic E-state index is 13.5. The highest BCUT2D eigenvalue weighted by Gasteiger charge is 2.65. The van der Waals surface area contributed by atoms with Crippen molar-refractivity contribution in [1.29, 1.82) is 0 Å². The van der Waals surface area contributed by atoms with Gasteiger partial charge in [0.1, 0.15) is 5.39 Å². The molecule has 36 heavy (non-hydrogen) atoms. The van der Waals surface area contributed by atoms with Crippen LogP contribution in [0.2, 0.25) is 0 Å². The summed E-state index contributed by atoms with van der Waals surface area (Å²) in [4.78, 5) is 23.6. The lowest BCUT2D eigenvalue weighted by Crippen LogP contribution is -2.45. The number of piperidine rings is 1. The van der Waals surface area contributed by atoms with E-state index in [1.54, 1.807) is 0 Å². The minimum Gasteiger partial charge on any atom is -0.342 e. The van der Waals surface area contributed by atoms with Gasteiger partial charge < -0.3 is 10.6 Å². The molecule has 7 nitrogen and oxygen atoms in total. The van der Waals surface area contributed by atoms with Crippen LogP contribution in [0.15, 0.2) is 59.4 Å². The van der Waals surface area contributed by atoms with Gasteiger partial charge in [0, 0.05) is 24.5 Å². The average molecular weight is 481 g/mol. The highest BCUT2D eigenvalue weighted by Crippen LogP contribution is 2.68. The summed E-state index contributed by atoms with van der Waals surface area (Å²) in [5.74, 6) is 0.616. The first-order valence-corrected chi connectivity index (χ1v) is 13.0. The van der Waals surface area contributed by atoms with Gasteiger partial charge in [0.05, 0.1) is 5.69 Å². The SMILES string of the molecule is CC1(C)CC1(c1ccccc1)c1n[nH]c2nc(N3CCC4(CC3)Cc3ccccc3[C@H]4N)[nH]c(=O)c12. The molecule has 4 aromatic rings. The lowest BCUT2D eigenvalue weighted by Gasteiger charge is -2.42. The zero-order valence-electron chi connectivity index (χ0n) is 20.8. The maximum atomic E-state index is 13.5. The highest BCUT2D eigenvalue weighted by atomic mass is 16.1. The molecule has 2 aromatic heterocycles.